The molecule has 0 aromatic carbocycles. The van der Waals surface area contributed by atoms with Gasteiger partial charge in [-0.3, -0.25) is 0 Å². The maximum Gasteiger partial charge on any atom is 0.0613 e. The first-order valence-electron chi connectivity index (χ1n) is 5.73. The van der Waals surface area contributed by atoms with E-state index in [1.54, 1.807) is 5.54 Å². The van der Waals surface area contributed by atoms with E-state index in [0.717, 1.165) is 25.0 Å². The van der Waals surface area contributed by atoms with E-state index in [0.29, 0.717) is 5.92 Å². The van der Waals surface area contributed by atoms with E-state index in [1.807, 2.05) is 6.92 Å². The lowest BCUT2D eigenvalue weighted by Crippen LogP contribution is -2.51. The molecule has 3 heteroatoms. The summed E-state index contributed by atoms with van der Waals surface area (Å²) in [7, 11) is 0. The molecule has 1 rings (SSSR count). The maximum absolute atomic E-state index is 9.53. The number of hydrogen-bond acceptors (Lipinski definition) is 2. The first-order chi connectivity index (χ1) is 7.12. The van der Waals surface area contributed by atoms with Crippen LogP contribution in [0.15, 0.2) is 11.1 Å². The van der Waals surface area contributed by atoms with Crippen LogP contribution in [0.1, 0.15) is 39.5 Å². The predicted molar refractivity (Wildman–Crippen MR) is 65.1 cm³/mol. The van der Waals surface area contributed by atoms with Crippen LogP contribution in [0.2, 0.25) is 0 Å². The molecule has 0 spiro atoms. The van der Waals surface area contributed by atoms with Crippen LogP contribution in [-0.2, 0) is 0 Å². The van der Waals surface area contributed by atoms with Gasteiger partial charge in [0.15, 0.2) is 0 Å². The molecule has 1 aliphatic carbocycles. The van der Waals surface area contributed by atoms with Crippen molar-refractivity contribution in [1.29, 1.82) is 0 Å². The summed E-state index contributed by atoms with van der Waals surface area (Å²) in [5, 5.41) is 13.0. The van der Waals surface area contributed by atoms with Crippen molar-refractivity contribution in [3.8, 4) is 0 Å². The third-order valence-electron chi connectivity index (χ3n) is 3.32. The number of aliphatic hydroxyl groups excluding tert-OH is 1. The molecule has 1 saturated carbocycles. The molecule has 0 aromatic rings. The summed E-state index contributed by atoms with van der Waals surface area (Å²) in [6.45, 7) is 5.26. The number of nitrogens with one attached hydrogen (secondary N) is 1. The van der Waals surface area contributed by atoms with E-state index < -0.39 is 0 Å². The zero-order chi connectivity index (χ0) is 11.3. The Morgan fingerprint density at radius 3 is 2.93 bits per heavy atom. The van der Waals surface area contributed by atoms with Crippen LogP contribution in [0.3, 0.4) is 0 Å². The van der Waals surface area contributed by atoms with Gasteiger partial charge < -0.3 is 10.4 Å². The number of hydrogen-bond donors (Lipinski definition) is 2. The van der Waals surface area contributed by atoms with Crippen LogP contribution in [0, 0.1) is 5.92 Å². The molecule has 0 radical (unpaired) electrons. The summed E-state index contributed by atoms with van der Waals surface area (Å²) < 4.78 is 0. The third kappa shape index (κ3) is 3.78. The summed E-state index contributed by atoms with van der Waals surface area (Å²) in [6.07, 6.45) is 4.63. The van der Waals surface area contributed by atoms with Crippen LogP contribution >= 0.6 is 11.6 Å². The Morgan fingerprint density at radius 1 is 1.67 bits per heavy atom. The second-order valence-corrected chi connectivity index (χ2v) is 5.17. The van der Waals surface area contributed by atoms with E-state index >= 15 is 0 Å². The smallest absolute Gasteiger partial charge is 0.0613 e. The highest BCUT2D eigenvalue weighted by molar-refractivity contribution is 6.25. The quantitative estimate of drug-likeness (QED) is 0.780. The van der Waals surface area contributed by atoms with Crippen LogP contribution in [0.5, 0.6) is 0 Å². The van der Waals surface area contributed by atoms with E-state index in [1.165, 1.54) is 12.8 Å². The second kappa shape index (κ2) is 5.88. The van der Waals surface area contributed by atoms with Crippen molar-refractivity contribution in [2.45, 2.75) is 45.1 Å². The van der Waals surface area contributed by atoms with Crippen LogP contribution in [0.25, 0.3) is 0 Å². The molecule has 2 unspecified atom stereocenters. The predicted octanol–water partition coefficient (Wildman–Crippen LogP) is 2.66. The zero-order valence-electron chi connectivity index (χ0n) is 9.72. The molecule has 88 valence electrons. The first kappa shape index (κ1) is 13.0. The Morgan fingerprint density at radius 2 is 2.40 bits per heavy atom. The molecular weight excluding hydrogens is 210 g/mol. The minimum absolute atomic E-state index is 0.0706. The summed E-state index contributed by atoms with van der Waals surface area (Å²) in [5.41, 5.74) is 2.64. The van der Waals surface area contributed by atoms with Gasteiger partial charge >= 0.3 is 0 Å². The maximum atomic E-state index is 9.53. The molecule has 1 fully saturated rings. The van der Waals surface area contributed by atoms with Crippen molar-refractivity contribution in [3.05, 3.63) is 11.1 Å². The lowest BCUT2D eigenvalue weighted by Gasteiger charge is -2.39. The average Bonchev–Trinajstić information content (AvgIpc) is 2.26. The number of aliphatic hydroxyl groups is 1. The van der Waals surface area contributed by atoms with E-state index in [-0.39, 0.29) is 12.1 Å². The van der Waals surface area contributed by atoms with Gasteiger partial charge in [0.2, 0.25) is 0 Å². The van der Waals surface area contributed by atoms with Gasteiger partial charge in [0, 0.05) is 17.6 Å². The van der Waals surface area contributed by atoms with Gasteiger partial charge in [-0.1, -0.05) is 31.4 Å². The van der Waals surface area contributed by atoms with Gasteiger partial charge in [-0.2, -0.15) is 0 Å². The average molecular weight is 232 g/mol. The zero-order valence-corrected chi connectivity index (χ0v) is 10.5. The fourth-order valence-electron chi connectivity index (χ4n) is 2.39. The van der Waals surface area contributed by atoms with E-state index in [9.17, 15) is 5.11 Å². The van der Waals surface area contributed by atoms with Crippen LogP contribution in [-0.4, -0.2) is 23.8 Å². The highest BCUT2D eigenvalue weighted by Gasteiger charge is 2.33. The second-order valence-electron chi connectivity index (χ2n) is 4.95. The van der Waals surface area contributed by atoms with Crippen LogP contribution < -0.4 is 5.32 Å². The third-order valence-corrected chi connectivity index (χ3v) is 3.70. The van der Waals surface area contributed by atoms with Crippen molar-refractivity contribution in [3.63, 3.8) is 0 Å². The monoisotopic (exact) mass is 231 g/mol. The van der Waals surface area contributed by atoms with Crippen molar-refractivity contribution < 1.29 is 5.11 Å². The largest absolute Gasteiger partial charge is 0.394 e. The molecule has 0 heterocycles. The summed E-state index contributed by atoms with van der Waals surface area (Å²) in [5.74, 6) is 0.707. The summed E-state index contributed by atoms with van der Waals surface area (Å²) in [4.78, 5) is 0. The SMILES string of the molecule is CC(=CCl)CNC1(CO)CCCC(C)C1. The Hall–Kier alpha value is -0.0500. The molecule has 2 nitrogen and oxygen atoms in total. The molecule has 15 heavy (non-hydrogen) atoms. The van der Waals surface area contributed by atoms with Gasteiger partial charge in [-0.25, -0.2) is 0 Å². The van der Waals surface area contributed by atoms with Crippen molar-refractivity contribution in [1.82, 2.24) is 5.32 Å². The first-order valence-corrected chi connectivity index (χ1v) is 6.17. The number of halogens is 1. The Kier molecular flexibility index (Phi) is 5.10. The molecular formula is C12H22ClNO. The lowest BCUT2D eigenvalue weighted by atomic mass is 9.77. The Bertz CT molecular complexity index is 230. The van der Waals surface area contributed by atoms with E-state index in [2.05, 4.69) is 12.2 Å². The highest BCUT2D eigenvalue weighted by Crippen LogP contribution is 2.31. The molecule has 0 aromatic heterocycles. The fraction of sp³-hybridized carbons (Fsp3) is 0.833. The summed E-state index contributed by atoms with van der Waals surface area (Å²) >= 11 is 5.62. The topological polar surface area (TPSA) is 32.3 Å². The number of rotatable bonds is 4. The molecule has 2 N–H and O–H groups in total. The Labute approximate surface area is 97.7 Å². The Balaban J connectivity index is 2.52. The molecule has 2 atom stereocenters. The van der Waals surface area contributed by atoms with Gasteiger partial charge in [-0.15, -0.1) is 0 Å². The minimum atomic E-state index is -0.0706. The fourth-order valence-corrected chi connectivity index (χ4v) is 2.46. The lowest BCUT2D eigenvalue weighted by molar-refractivity contribution is 0.103. The molecule has 0 aliphatic heterocycles. The molecule has 1 aliphatic rings. The van der Waals surface area contributed by atoms with Gasteiger partial charge in [0.05, 0.1) is 6.61 Å². The van der Waals surface area contributed by atoms with E-state index in [4.69, 9.17) is 11.6 Å². The van der Waals surface area contributed by atoms with Gasteiger partial charge in [-0.05, 0) is 31.3 Å². The molecule has 0 bridgehead atoms. The molecule has 0 saturated heterocycles. The van der Waals surface area contributed by atoms with Crippen LogP contribution in [0.4, 0.5) is 0 Å². The standard InChI is InChI=1S/C12H22ClNO/c1-10-4-3-5-12(6-10,9-15)14-8-11(2)7-13/h7,10,14-15H,3-6,8-9H2,1-2H3. The van der Waals surface area contributed by atoms with Crippen molar-refractivity contribution in [2.24, 2.45) is 5.92 Å². The van der Waals surface area contributed by atoms with Crippen molar-refractivity contribution in [2.75, 3.05) is 13.2 Å². The highest BCUT2D eigenvalue weighted by atomic mass is 35.5. The summed E-state index contributed by atoms with van der Waals surface area (Å²) in [6, 6.07) is 0. The molecule has 0 amide bonds. The normalized spacial score (nSPS) is 33.1. The van der Waals surface area contributed by atoms with Gasteiger partial charge in [0.1, 0.15) is 0 Å². The van der Waals surface area contributed by atoms with Crippen molar-refractivity contribution >= 4 is 11.6 Å². The van der Waals surface area contributed by atoms with Gasteiger partial charge in [0.25, 0.3) is 0 Å². The minimum Gasteiger partial charge on any atom is -0.394 e.